The van der Waals surface area contributed by atoms with Crippen LogP contribution in [0.25, 0.3) is 0 Å². The van der Waals surface area contributed by atoms with Crippen molar-refractivity contribution in [2.45, 2.75) is 38.4 Å². The number of allylic oxidation sites excluding steroid dienone is 3. The Labute approximate surface area is 89.7 Å². The van der Waals surface area contributed by atoms with Gasteiger partial charge in [-0.1, -0.05) is 44.6 Å². The fourth-order valence-corrected chi connectivity index (χ4v) is 3.31. The summed E-state index contributed by atoms with van der Waals surface area (Å²) in [7, 11) is -0.740. The smallest absolute Gasteiger partial charge is 0.0672 e. The van der Waals surface area contributed by atoms with Crippen molar-refractivity contribution in [2.24, 2.45) is 5.92 Å². The Kier molecular flexibility index (Phi) is 4.11. The molecule has 0 aliphatic heterocycles. The third kappa shape index (κ3) is 2.35. The van der Waals surface area contributed by atoms with Crippen LogP contribution in [0.2, 0.25) is 0 Å². The molecule has 0 spiro atoms. The van der Waals surface area contributed by atoms with E-state index in [-0.39, 0.29) is 4.75 Å². The molecule has 1 aliphatic rings. The standard InChI is InChI=1S/C12H20OS/c1-4-5-10-14(13)12(3)9-7-6-8-11(12)2/h6-9,11H,4-5,10H2,1-3H3. The Morgan fingerprint density at radius 1 is 1.43 bits per heavy atom. The van der Waals surface area contributed by atoms with E-state index in [2.05, 4.69) is 32.9 Å². The van der Waals surface area contributed by atoms with E-state index in [1.165, 1.54) is 0 Å². The highest BCUT2D eigenvalue weighted by Gasteiger charge is 2.33. The summed E-state index contributed by atoms with van der Waals surface area (Å²) < 4.78 is 12.0. The Bertz CT molecular complexity index is 267. The van der Waals surface area contributed by atoms with E-state index >= 15 is 0 Å². The van der Waals surface area contributed by atoms with Gasteiger partial charge in [0.15, 0.2) is 0 Å². The average Bonchev–Trinajstić information content (AvgIpc) is 2.19. The van der Waals surface area contributed by atoms with Gasteiger partial charge in [-0.2, -0.15) is 0 Å². The van der Waals surface area contributed by atoms with Crippen LogP contribution in [0.1, 0.15) is 33.6 Å². The maximum absolute atomic E-state index is 12.1. The molecule has 80 valence electrons. The van der Waals surface area contributed by atoms with Crippen LogP contribution >= 0.6 is 0 Å². The number of hydrogen-bond acceptors (Lipinski definition) is 1. The van der Waals surface area contributed by atoms with Crippen LogP contribution in [0.3, 0.4) is 0 Å². The van der Waals surface area contributed by atoms with Gasteiger partial charge in [-0.15, -0.1) is 0 Å². The van der Waals surface area contributed by atoms with E-state index in [9.17, 15) is 4.21 Å². The molecule has 0 heterocycles. The lowest BCUT2D eigenvalue weighted by Crippen LogP contribution is -2.37. The highest BCUT2D eigenvalue weighted by atomic mass is 32.2. The van der Waals surface area contributed by atoms with Crippen LogP contribution in [0.5, 0.6) is 0 Å². The minimum Gasteiger partial charge on any atom is -0.259 e. The van der Waals surface area contributed by atoms with Gasteiger partial charge in [0, 0.05) is 16.6 Å². The zero-order valence-corrected chi connectivity index (χ0v) is 10.1. The number of unbranched alkanes of at least 4 members (excludes halogenated alkanes) is 1. The molecular formula is C12H20OS. The molecule has 0 radical (unpaired) electrons. The second-order valence-corrected chi connectivity index (χ2v) is 6.10. The highest BCUT2D eigenvalue weighted by Crippen LogP contribution is 2.30. The molecule has 0 aromatic rings. The first kappa shape index (κ1) is 11.7. The molecule has 1 rings (SSSR count). The summed E-state index contributed by atoms with van der Waals surface area (Å²) in [6, 6.07) is 0. The molecule has 0 saturated heterocycles. The van der Waals surface area contributed by atoms with Crippen molar-refractivity contribution in [3.8, 4) is 0 Å². The number of hydrogen-bond donors (Lipinski definition) is 0. The summed E-state index contributed by atoms with van der Waals surface area (Å²) in [6.45, 7) is 6.38. The van der Waals surface area contributed by atoms with Crippen LogP contribution in [0.15, 0.2) is 24.3 Å². The van der Waals surface area contributed by atoms with Crippen molar-refractivity contribution in [3.63, 3.8) is 0 Å². The van der Waals surface area contributed by atoms with Crippen LogP contribution in [0, 0.1) is 5.92 Å². The fraction of sp³-hybridized carbons (Fsp3) is 0.667. The van der Waals surface area contributed by atoms with Gasteiger partial charge in [-0.25, -0.2) is 0 Å². The van der Waals surface area contributed by atoms with E-state index in [0.29, 0.717) is 5.92 Å². The largest absolute Gasteiger partial charge is 0.259 e. The lowest BCUT2D eigenvalue weighted by Gasteiger charge is -2.32. The molecule has 3 atom stereocenters. The van der Waals surface area contributed by atoms with Gasteiger partial charge in [-0.05, 0) is 19.3 Å². The Morgan fingerprint density at radius 3 is 2.71 bits per heavy atom. The molecule has 0 aromatic carbocycles. The first-order valence-corrected chi connectivity index (χ1v) is 6.67. The molecular weight excluding hydrogens is 192 g/mol. The molecule has 0 aromatic heterocycles. The summed E-state index contributed by atoms with van der Waals surface area (Å²) in [6.07, 6.45) is 10.5. The van der Waals surface area contributed by atoms with E-state index < -0.39 is 10.8 Å². The van der Waals surface area contributed by atoms with Crippen LogP contribution in [-0.2, 0) is 10.8 Å². The molecule has 1 nitrogen and oxygen atoms in total. The van der Waals surface area contributed by atoms with Gasteiger partial charge in [0.25, 0.3) is 0 Å². The van der Waals surface area contributed by atoms with Gasteiger partial charge < -0.3 is 0 Å². The Balaban J connectivity index is 2.69. The highest BCUT2D eigenvalue weighted by molar-refractivity contribution is 7.86. The molecule has 0 fully saturated rings. The van der Waals surface area contributed by atoms with Gasteiger partial charge in [0.05, 0.1) is 4.75 Å². The molecule has 0 bridgehead atoms. The molecule has 0 amide bonds. The predicted molar refractivity (Wildman–Crippen MR) is 63.8 cm³/mol. The van der Waals surface area contributed by atoms with Crippen molar-refractivity contribution in [1.82, 2.24) is 0 Å². The second-order valence-electron chi connectivity index (χ2n) is 4.12. The molecule has 14 heavy (non-hydrogen) atoms. The summed E-state index contributed by atoms with van der Waals surface area (Å²) in [5.74, 6) is 1.21. The third-order valence-electron chi connectivity index (χ3n) is 3.02. The first-order valence-electron chi connectivity index (χ1n) is 5.35. The zero-order valence-electron chi connectivity index (χ0n) is 9.32. The number of rotatable bonds is 4. The van der Waals surface area contributed by atoms with Crippen molar-refractivity contribution in [2.75, 3.05) is 5.75 Å². The van der Waals surface area contributed by atoms with E-state index in [1.54, 1.807) is 0 Å². The van der Waals surface area contributed by atoms with Crippen LogP contribution < -0.4 is 0 Å². The van der Waals surface area contributed by atoms with Crippen molar-refractivity contribution < 1.29 is 4.21 Å². The third-order valence-corrected chi connectivity index (χ3v) is 5.16. The summed E-state index contributed by atoms with van der Waals surface area (Å²) >= 11 is 0. The summed E-state index contributed by atoms with van der Waals surface area (Å²) in [4.78, 5) is 0. The van der Waals surface area contributed by atoms with E-state index in [0.717, 1.165) is 18.6 Å². The van der Waals surface area contributed by atoms with Gasteiger partial charge >= 0.3 is 0 Å². The maximum Gasteiger partial charge on any atom is 0.0672 e. The summed E-state index contributed by atoms with van der Waals surface area (Å²) in [5.41, 5.74) is 0. The first-order chi connectivity index (χ1) is 6.61. The van der Waals surface area contributed by atoms with Crippen LogP contribution in [-0.4, -0.2) is 14.7 Å². The summed E-state index contributed by atoms with van der Waals surface area (Å²) in [5, 5.41) is 0. The monoisotopic (exact) mass is 212 g/mol. The second kappa shape index (κ2) is 4.92. The normalized spacial score (nSPS) is 33.2. The van der Waals surface area contributed by atoms with E-state index in [1.807, 2.05) is 12.2 Å². The van der Waals surface area contributed by atoms with Crippen molar-refractivity contribution in [1.29, 1.82) is 0 Å². The Morgan fingerprint density at radius 2 is 2.14 bits per heavy atom. The molecule has 2 heteroatoms. The molecule has 3 unspecified atom stereocenters. The molecule has 0 N–H and O–H groups in total. The minimum absolute atomic E-state index is 0.149. The van der Waals surface area contributed by atoms with Gasteiger partial charge in [0.2, 0.25) is 0 Å². The predicted octanol–water partition coefficient (Wildman–Crippen LogP) is 3.06. The SMILES string of the molecule is CCCCS(=O)C1(C)C=CC=CC1C. The topological polar surface area (TPSA) is 17.1 Å². The minimum atomic E-state index is -0.740. The lowest BCUT2D eigenvalue weighted by molar-refractivity contribution is 0.563. The average molecular weight is 212 g/mol. The van der Waals surface area contributed by atoms with Crippen molar-refractivity contribution in [3.05, 3.63) is 24.3 Å². The molecule has 1 aliphatic carbocycles. The Hall–Kier alpha value is -0.370. The fourth-order valence-electron chi connectivity index (χ4n) is 1.60. The molecule has 0 saturated carbocycles. The van der Waals surface area contributed by atoms with Crippen molar-refractivity contribution >= 4 is 10.8 Å². The van der Waals surface area contributed by atoms with Crippen LogP contribution in [0.4, 0.5) is 0 Å². The lowest BCUT2D eigenvalue weighted by atomic mass is 9.91. The zero-order chi connectivity index (χ0) is 10.6. The van der Waals surface area contributed by atoms with E-state index in [4.69, 9.17) is 0 Å². The quantitative estimate of drug-likeness (QED) is 0.700. The van der Waals surface area contributed by atoms with Gasteiger partial charge in [0.1, 0.15) is 0 Å². The van der Waals surface area contributed by atoms with Gasteiger partial charge in [-0.3, -0.25) is 4.21 Å². The maximum atomic E-state index is 12.1.